The second kappa shape index (κ2) is 4.47. The number of fused-ring (bicyclic) bond motifs is 1. The summed E-state index contributed by atoms with van der Waals surface area (Å²) in [6, 6.07) is 7.79. The maximum absolute atomic E-state index is 12.1. The Morgan fingerprint density at radius 1 is 1.35 bits per heavy atom. The molecule has 1 N–H and O–H groups in total. The highest BCUT2D eigenvalue weighted by Crippen LogP contribution is 2.23. The van der Waals surface area contributed by atoms with E-state index in [0.29, 0.717) is 19.7 Å². The van der Waals surface area contributed by atoms with Crippen molar-refractivity contribution in [1.29, 1.82) is 0 Å². The Labute approximate surface area is 101 Å². The highest BCUT2D eigenvalue weighted by atomic mass is 16.5. The first-order chi connectivity index (χ1) is 8.34. The molecule has 4 nitrogen and oxygen atoms in total. The van der Waals surface area contributed by atoms with E-state index in [0.717, 1.165) is 30.3 Å². The lowest BCUT2D eigenvalue weighted by molar-refractivity contribution is 0.0607. The molecule has 1 saturated heterocycles. The highest BCUT2D eigenvalue weighted by molar-refractivity contribution is 5.98. The zero-order chi connectivity index (χ0) is 11.7. The van der Waals surface area contributed by atoms with Crippen molar-refractivity contribution in [3.63, 3.8) is 0 Å². The van der Waals surface area contributed by atoms with Crippen molar-refractivity contribution in [2.75, 3.05) is 26.2 Å². The lowest BCUT2D eigenvalue weighted by Gasteiger charge is -2.26. The van der Waals surface area contributed by atoms with Gasteiger partial charge in [0.15, 0.2) is 0 Å². The van der Waals surface area contributed by atoms with Crippen LogP contribution in [-0.4, -0.2) is 37.0 Å². The second-order valence-corrected chi connectivity index (χ2v) is 4.38. The minimum atomic E-state index is 0.113. The largest absolute Gasteiger partial charge is 0.367 e. The van der Waals surface area contributed by atoms with Crippen LogP contribution in [0.5, 0.6) is 0 Å². The van der Waals surface area contributed by atoms with Crippen LogP contribution in [0.15, 0.2) is 24.3 Å². The van der Waals surface area contributed by atoms with Crippen LogP contribution in [0.2, 0.25) is 0 Å². The third kappa shape index (κ3) is 2.06. The van der Waals surface area contributed by atoms with Gasteiger partial charge in [0.05, 0.1) is 13.2 Å². The van der Waals surface area contributed by atoms with E-state index < -0.39 is 0 Å². The van der Waals surface area contributed by atoms with Crippen LogP contribution in [0.25, 0.3) is 0 Å². The van der Waals surface area contributed by atoms with Gasteiger partial charge >= 0.3 is 0 Å². The fourth-order valence-electron chi connectivity index (χ4n) is 2.30. The molecule has 0 unspecified atom stereocenters. The molecule has 0 bridgehead atoms. The average Bonchev–Trinajstić information content (AvgIpc) is 2.68. The van der Waals surface area contributed by atoms with Crippen molar-refractivity contribution >= 4 is 5.91 Å². The fourth-order valence-corrected chi connectivity index (χ4v) is 2.30. The lowest BCUT2D eigenvalue weighted by Crippen LogP contribution is -2.40. The number of hydrogen-bond donors (Lipinski definition) is 1. The lowest BCUT2D eigenvalue weighted by atomic mass is 10.1. The quantitative estimate of drug-likeness (QED) is 0.818. The molecule has 2 heterocycles. The van der Waals surface area contributed by atoms with Gasteiger partial charge in [-0.1, -0.05) is 18.2 Å². The van der Waals surface area contributed by atoms with Gasteiger partial charge in [-0.25, -0.2) is 0 Å². The number of nitrogens with one attached hydrogen (secondary N) is 1. The molecule has 1 aromatic carbocycles. The van der Waals surface area contributed by atoms with E-state index in [1.54, 1.807) is 0 Å². The molecule has 1 radical (unpaired) electrons. The molecule has 1 fully saturated rings. The van der Waals surface area contributed by atoms with Crippen molar-refractivity contribution in [2.45, 2.75) is 6.54 Å². The number of morpholine rings is 1. The Kier molecular flexibility index (Phi) is 2.82. The van der Waals surface area contributed by atoms with Crippen LogP contribution >= 0.6 is 0 Å². The number of ether oxygens (including phenoxy) is 1. The molecule has 2 aliphatic heterocycles. The standard InChI is InChI=1S/C13H15N2O2/c16-13-12-4-2-1-3-10(12)8-15(13)9-11-7-14-5-6-17-11/h1-4,14H,5-9H2. The molecule has 4 heteroatoms. The van der Waals surface area contributed by atoms with Crippen molar-refractivity contribution in [1.82, 2.24) is 10.2 Å². The van der Waals surface area contributed by atoms with E-state index in [2.05, 4.69) is 5.32 Å². The number of benzene rings is 1. The predicted molar refractivity (Wildman–Crippen MR) is 63.2 cm³/mol. The Morgan fingerprint density at radius 3 is 3.00 bits per heavy atom. The van der Waals surface area contributed by atoms with Gasteiger partial charge in [-0.15, -0.1) is 0 Å². The summed E-state index contributed by atoms with van der Waals surface area (Å²) in [6.07, 6.45) is 0.956. The van der Waals surface area contributed by atoms with E-state index in [1.807, 2.05) is 29.2 Å². The van der Waals surface area contributed by atoms with Gasteiger partial charge in [0.1, 0.15) is 6.10 Å². The summed E-state index contributed by atoms with van der Waals surface area (Å²) >= 11 is 0. The van der Waals surface area contributed by atoms with Gasteiger partial charge in [0.25, 0.3) is 5.91 Å². The van der Waals surface area contributed by atoms with Gasteiger partial charge in [0, 0.05) is 25.2 Å². The third-order valence-electron chi connectivity index (χ3n) is 3.17. The van der Waals surface area contributed by atoms with Crippen molar-refractivity contribution in [3.8, 4) is 0 Å². The second-order valence-electron chi connectivity index (χ2n) is 4.38. The SMILES string of the molecule is O=C1c2ccccc2CN1C[C]1CNCCO1. The third-order valence-corrected chi connectivity index (χ3v) is 3.17. The summed E-state index contributed by atoms with van der Waals surface area (Å²) in [6.45, 7) is 3.63. The van der Waals surface area contributed by atoms with E-state index in [9.17, 15) is 4.79 Å². The number of carbonyl (C=O) groups is 1. The topological polar surface area (TPSA) is 41.6 Å². The van der Waals surface area contributed by atoms with Crippen molar-refractivity contribution < 1.29 is 9.53 Å². The molecule has 3 rings (SSSR count). The van der Waals surface area contributed by atoms with Crippen LogP contribution in [0.3, 0.4) is 0 Å². The van der Waals surface area contributed by atoms with Gasteiger partial charge in [-0.2, -0.15) is 0 Å². The average molecular weight is 231 g/mol. The summed E-state index contributed by atoms with van der Waals surface area (Å²) in [5.41, 5.74) is 1.94. The normalized spacial score (nSPS) is 20.7. The summed E-state index contributed by atoms with van der Waals surface area (Å²) in [5.74, 6) is 0.113. The molecule has 2 aliphatic rings. The van der Waals surface area contributed by atoms with Crippen molar-refractivity contribution in [3.05, 3.63) is 41.5 Å². The summed E-state index contributed by atoms with van der Waals surface area (Å²) < 4.78 is 5.55. The van der Waals surface area contributed by atoms with E-state index in [1.165, 1.54) is 0 Å². The Morgan fingerprint density at radius 2 is 2.24 bits per heavy atom. The number of hydrogen-bond acceptors (Lipinski definition) is 3. The number of nitrogens with zero attached hydrogens (tertiary/aromatic N) is 1. The molecular weight excluding hydrogens is 216 g/mol. The Balaban J connectivity index is 1.69. The maximum atomic E-state index is 12.1. The summed E-state index contributed by atoms with van der Waals surface area (Å²) in [4.78, 5) is 13.9. The van der Waals surface area contributed by atoms with Gasteiger partial charge in [0.2, 0.25) is 0 Å². The molecule has 0 aliphatic carbocycles. The van der Waals surface area contributed by atoms with Gasteiger partial charge < -0.3 is 15.0 Å². The fraction of sp³-hybridized carbons (Fsp3) is 0.385. The molecule has 0 saturated carbocycles. The zero-order valence-corrected chi connectivity index (χ0v) is 9.61. The van der Waals surface area contributed by atoms with Crippen LogP contribution in [-0.2, 0) is 11.3 Å². The van der Waals surface area contributed by atoms with Gasteiger partial charge in [-0.3, -0.25) is 4.79 Å². The number of carbonyl (C=O) groups excluding carboxylic acids is 1. The minimum absolute atomic E-state index is 0.113. The van der Waals surface area contributed by atoms with E-state index >= 15 is 0 Å². The zero-order valence-electron chi connectivity index (χ0n) is 9.61. The highest BCUT2D eigenvalue weighted by Gasteiger charge is 2.29. The minimum Gasteiger partial charge on any atom is -0.367 e. The summed E-state index contributed by atoms with van der Waals surface area (Å²) in [5, 5.41) is 3.24. The van der Waals surface area contributed by atoms with E-state index in [4.69, 9.17) is 4.74 Å². The Hall–Kier alpha value is -1.39. The van der Waals surface area contributed by atoms with Crippen LogP contribution in [0.1, 0.15) is 15.9 Å². The van der Waals surface area contributed by atoms with Gasteiger partial charge in [-0.05, 0) is 11.6 Å². The number of amides is 1. The monoisotopic (exact) mass is 231 g/mol. The van der Waals surface area contributed by atoms with Crippen LogP contribution in [0, 0.1) is 6.10 Å². The van der Waals surface area contributed by atoms with Crippen LogP contribution in [0.4, 0.5) is 0 Å². The summed E-state index contributed by atoms with van der Waals surface area (Å²) in [7, 11) is 0. The molecule has 0 spiro atoms. The molecule has 89 valence electrons. The first-order valence-corrected chi connectivity index (χ1v) is 5.90. The first kappa shape index (κ1) is 10.7. The van der Waals surface area contributed by atoms with E-state index in [-0.39, 0.29) is 5.91 Å². The van der Waals surface area contributed by atoms with Crippen LogP contribution < -0.4 is 5.32 Å². The smallest absolute Gasteiger partial charge is 0.254 e. The molecule has 1 amide bonds. The first-order valence-electron chi connectivity index (χ1n) is 5.90. The molecule has 1 aromatic rings. The Bertz CT molecular complexity index is 427. The maximum Gasteiger partial charge on any atom is 0.254 e. The molecule has 17 heavy (non-hydrogen) atoms. The van der Waals surface area contributed by atoms with Crippen molar-refractivity contribution in [2.24, 2.45) is 0 Å². The molecular formula is C13H15N2O2. The predicted octanol–water partition coefficient (Wildman–Crippen LogP) is 0.794. The molecule has 0 aromatic heterocycles. The number of rotatable bonds is 2. The molecule has 0 atom stereocenters.